The van der Waals surface area contributed by atoms with Crippen molar-refractivity contribution in [1.82, 2.24) is 4.98 Å². The zero-order chi connectivity index (χ0) is 8.48. The molecule has 0 amide bonds. The number of H-pyrrole nitrogens is 1. The molecule has 5 heteroatoms. The molecule has 0 saturated heterocycles. The zero-order valence-electron chi connectivity index (χ0n) is 5.57. The molecule has 11 heavy (non-hydrogen) atoms. The Kier molecular flexibility index (Phi) is 1.90. The molecule has 1 heterocycles. The van der Waals surface area contributed by atoms with Gasteiger partial charge in [0.15, 0.2) is 0 Å². The summed E-state index contributed by atoms with van der Waals surface area (Å²) in [5.74, 6) is 0. The van der Waals surface area contributed by atoms with E-state index in [0.717, 1.165) is 12.3 Å². The lowest BCUT2D eigenvalue weighted by Crippen LogP contribution is -2.02. The number of hydrogen-bond acceptors (Lipinski definition) is 1. The highest BCUT2D eigenvalue weighted by atomic mass is 19.4. The van der Waals surface area contributed by atoms with Gasteiger partial charge in [-0.3, -0.25) is 0 Å². The Morgan fingerprint density at radius 2 is 2.09 bits per heavy atom. The third kappa shape index (κ3) is 1.74. The largest absolute Gasteiger partial charge is 0.417 e. The smallest absolute Gasteiger partial charge is 0.363 e. The van der Waals surface area contributed by atoms with E-state index in [1.54, 1.807) is 0 Å². The van der Waals surface area contributed by atoms with Crippen molar-refractivity contribution in [3.63, 3.8) is 0 Å². The van der Waals surface area contributed by atoms with E-state index < -0.39 is 11.7 Å². The van der Waals surface area contributed by atoms with Crippen molar-refractivity contribution in [2.45, 2.75) is 12.7 Å². The standard InChI is InChI=1S/C6H7F3N2/c7-6(8,9)4-1-5(2-10)11-3-4/h1,3,11H,2,10H2. The quantitative estimate of drug-likeness (QED) is 0.648. The van der Waals surface area contributed by atoms with Gasteiger partial charge in [-0.05, 0) is 6.07 Å². The Balaban J connectivity index is 2.89. The van der Waals surface area contributed by atoms with Gasteiger partial charge in [-0.15, -0.1) is 0 Å². The number of nitrogens with one attached hydrogen (secondary N) is 1. The van der Waals surface area contributed by atoms with Crippen LogP contribution >= 0.6 is 0 Å². The van der Waals surface area contributed by atoms with Crippen LogP contribution in [0.25, 0.3) is 0 Å². The number of halogens is 3. The van der Waals surface area contributed by atoms with E-state index in [9.17, 15) is 13.2 Å². The molecule has 0 aromatic carbocycles. The SMILES string of the molecule is NCc1cc(C(F)(F)F)c[nH]1. The molecule has 0 aliphatic heterocycles. The Morgan fingerprint density at radius 1 is 1.45 bits per heavy atom. The number of rotatable bonds is 1. The summed E-state index contributed by atoms with van der Waals surface area (Å²) < 4.78 is 35.6. The van der Waals surface area contributed by atoms with Gasteiger partial charge < -0.3 is 10.7 Å². The van der Waals surface area contributed by atoms with Crippen LogP contribution < -0.4 is 5.73 Å². The lowest BCUT2D eigenvalue weighted by Gasteiger charge is -2.00. The molecule has 1 aromatic heterocycles. The summed E-state index contributed by atoms with van der Waals surface area (Å²) in [4.78, 5) is 2.42. The highest BCUT2D eigenvalue weighted by Gasteiger charge is 2.31. The van der Waals surface area contributed by atoms with Crippen LogP contribution in [0.2, 0.25) is 0 Å². The van der Waals surface area contributed by atoms with Crippen LogP contribution in [0.15, 0.2) is 12.3 Å². The summed E-state index contributed by atoms with van der Waals surface area (Å²) in [5.41, 5.74) is 4.81. The van der Waals surface area contributed by atoms with Crippen LogP contribution in [0.4, 0.5) is 13.2 Å². The minimum Gasteiger partial charge on any atom is -0.363 e. The first kappa shape index (κ1) is 8.13. The van der Waals surface area contributed by atoms with Crippen LogP contribution in [0.3, 0.4) is 0 Å². The first-order chi connectivity index (χ1) is 5.04. The second-order valence-electron chi connectivity index (χ2n) is 2.12. The van der Waals surface area contributed by atoms with Gasteiger partial charge in [0.2, 0.25) is 0 Å². The van der Waals surface area contributed by atoms with Gasteiger partial charge in [0.25, 0.3) is 0 Å². The van der Waals surface area contributed by atoms with E-state index >= 15 is 0 Å². The van der Waals surface area contributed by atoms with Crippen LogP contribution in [0.1, 0.15) is 11.3 Å². The van der Waals surface area contributed by atoms with Gasteiger partial charge in [-0.2, -0.15) is 13.2 Å². The van der Waals surface area contributed by atoms with Gasteiger partial charge >= 0.3 is 6.18 Å². The van der Waals surface area contributed by atoms with Gasteiger partial charge in [-0.1, -0.05) is 0 Å². The molecule has 0 spiro atoms. The summed E-state index contributed by atoms with van der Waals surface area (Å²) in [6.45, 7) is 0.0933. The van der Waals surface area contributed by atoms with Crippen molar-refractivity contribution in [2.75, 3.05) is 0 Å². The van der Waals surface area contributed by atoms with Crippen molar-refractivity contribution < 1.29 is 13.2 Å². The molecule has 0 fully saturated rings. The number of hydrogen-bond donors (Lipinski definition) is 2. The zero-order valence-corrected chi connectivity index (χ0v) is 5.57. The van der Waals surface area contributed by atoms with Crippen molar-refractivity contribution in [1.29, 1.82) is 0 Å². The Morgan fingerprint density at radius 3 is 2.36 bits per heavy atom. The second-order valence-corrected chi connectivity index (χ2v) is 2.12. The normalized spacial score (nSPS) is 12.0. The number of aromatic nitrogens is 1. The van der Waals surface area contributed by atoms with E-state index in [-0.39, 0.29) is 6.54 Å². The molecule has 0 radical (unpaired) electrons. The summed E-state index contributed by atoms with van der Waals surface area (Å²) >= 11 is 0. The van der Waals surface area contributed by atoms with E-state index in [2.05, 4.69) is 4.98 Å². The second kappa shape index (κ2) is 2.58. The molecule has 0 aliphatic carbocycles. The van der Waals surface area contributed by atoms with E-state index in [1.807, 2.05) is 0 Å². The molecule has 1 aromatic rings. The lowest BCUT2D eigenvalue weighted by atomic mass is 10.3. The predicted octanol–water partition coefficient (Wildman–Crippen LogP) is 1.49. The molecule has 62 valence electrons. The fraction of sp³-hybridized carbons (Fsp3) is 0.333. The van der Waals surface area contributed by atoms with Crippen LogP contribution in [-0.4, -0.2) is 4.98 Å². The molecule has 0 bridgehead atoms. The van der Waals surface area contributed by atoms with Gasteiger partial charge in [0.1, 0.15) is 0 Å². The van der Waals surface area contributed by atoms with Gasteiger partial charge in [-0.25, -0.2) is 0 Å². The molecule has 2 nitrogen and oxygen atoms in total. The summed E-state index contributed by atoms with van der Waals surface area (Å²) in [5, 5.41) is 0. The van der Waals surface area contributed by atoms with Crippen molar-refractivity contribution in [2.24, 2.45) is 5.73 Å². The fourth-order valence-electron chi connectivity index (χ4n) is 0.723. The molecular formula is C6H7F3N2. The van der Waals surface area contributed by atoms with E-state index in [4.69, 9.17) is 5.73 Å². The fourth-order valence-corrected chi connectivity index (χ4v) is 0.723. The van der Waals surface area contributed by atoms with Gasteiger partial charge in [0, 0.05) is 18.4 Å². The van der Waals surface area contributed by atoms with Crippen molar-refractivity contribution in [3.05, 3.63) is 23.5 Å². The number of aromatic amines is 1. The maximum atomic E-state index is 11.9. The summed E-state index contributed by atoms with van der Waals surface area (Å²) in [6.07, 6.45) is -3.37. The number of alkyl halides is 3. The molecule has 0 saturated carbocycles. The third-order valence-electron chi connectivity index (χ3n) is 1.29. The Bertz CT molecular complexity index is 238. The first-order valence-electron chi connectivity index (χ1n) is 2.98. The highest BCUT2D eigenvalue weighted by molar-refractivity contribution is 5.19. The minimum absolute atomic E-state index is 0.0933. The average molecular weight is 164 g/mol. The molecule has 0 atom stereocenters. The van der Waals surface area contributed by atoms with Crippen LogP contribution in [0, 0.1) is 0 Å². The molecular weight excluding hydrogens is 157 g/mol. The van der Waals surface area contributed by atoms with Crippen LogP contribution in [-0.2, 0) is 12.7 Å². The Labute approximate surface area is 61.2 Å². The summed E-state index contributed by atoms with van der Waals surface area (Å²) in [7, 11) is 0. The van der Waals surface area contributed by atoms with E-state index in [1.165, 1.54) is 0 Å². The monoisotopic (exact) mass is 164 g/mol. The Hall–Kier alpha value is -0.970. The highest BCUT2D eigenvalue weighted by Crippen LogP contribution is 2.29. The van der Waals surface area contributed by atoms with Gasteiger partial charge in [0.05, 0.1) is 5.56 Å². The molecule has 0 aliphatic rings. The minimum atomic E-state index is -4.27. The van der Waals surface area contributed by atoms with Crippen molar-refractivity contribution in [3.8, 4) is 0 Å². The number of nitrogens with two attached hydrogens (primary N) is 1. The summed E-state index contributed by atoms with van der Waals surface area (Å²) in [6, 6.07) is 1.00. The molecule has 1 rings (SSSR count). The topological polar surface area (TPSA) is 41.8 Å². The van der Waals surface area contributed by atoms with Crippen molar-refractivity contribution >= 4 is 0 Å². The predicted molar refractivity (Wildman–Crippen MR) is 33.7 cm³/mol. The first-order valence-corrected chi connectivity index (χ1v) is 2.98. The maximum absolute atomic E-state index is 11.9. The molecule has 0 unspecified atom stereocenters. The average Bonchev–Trinajstić information content (AvgIpc) is 2.32. The maximum Gasteiger partial charge on any atom is 0.417 e. The van der Waals surface area contributed by atoms with Crippen LogP contribution in [0.5, 0.6) is 0 Å². The third-order valence-corrected chi connectivity index (χ3v) is 1.29. The molecule has 3 N–H and O–H groups in total. The lowest BCUT2D eigenvalue weighted by molar-refractivity contribution is -0.137. The van der Waals surface area contributed by atoms with E-state index in [0.29, 0.717) is 5.69 Å².